The first-order chi connectivity index (χ1) is 11.5. The lowest BCUT2D eigenvalue weighted by molar-refractivity contribution is -0.386. The summed E-state index contributed by atoms with van der Waals surface area (Å²) in [6, 6.07) is 12.9. The standard InChI is InChI=1S/C17H18N2O5/c1-3-23-15-10-6-4-8-13(15)18-17(20)12(2)24-16-11-7-5-9-14(16)19(21)22/h4-12H,3H2,1-2H3,(H,18,20)/t12-/m1/s1. The van der Waals surface area contributed by atoms with Gasteiger partial charge in [-0.1, -0.05) is 24.3 Å². The maximum Gasteiger partial charge on any atom is 0.310 e. The van der Waals surface area contributed by atoms with Gasteiger partial charge in [0.1, 0.15) is 5.75 Å². The number of hydrogen-bond donors (Lipinski definition) is 1. The zero-order chi connectivity index (χ0) is 17.5. The van der Waals surface area contributed by atoms with E-state index in [1.807, 2.05) is 6.92 Å². The van der Waals surface area contributed by atoms with Crippen LogP contribution in [0, 0.1) is 10.1 Å². The van der Waals surface area contributed by atoms with Crippen molar-refractivity contribution in [3.05, 3.63) is 58.6 Å². The summed E-state index contributed by atoms with van der Waals surface area (Å²) in [6.45, 7) is 3.84. The van der Waals surface area contributed by atoms with Crippen LogP contribution in [0.25, 0.3) is 0 Å². The second kappa shape index (κ2) is 7.96. The van der Waals surface area contributed by atoms with Crippen molar-refractivity contribution in [3.8, 4) is 11.5 Å². The van der Waals surface area contributed by atoms with Crippen molar-refractivity contribution in [2.75, 3.05) is 11.9 Å². The van der Waals surface area contributed by atoms with Crippen molar-refractivity contribution in [1.82, 2.24) is 0 Å². The van der Waals surface area contributed by atoms with Gasteiger partial charge in [0.25, 0.3) is 5.91 Å². The number of nitro groups is 1. The van der Waals surface area contributed by atoms with E-state index in [1.54, 1.807) is 30.3 Å². The predicted octanol–water partition coefficient (Wildman–Crippen LogP) is 3.40. The average molecular weight is 330 g/mol. The number of nitrogens with zero attached hydrogens (tertiary/aromatic N) is 1. The third kappa shape index (κ3) is 4.22. The van der Waals surface area contributed by atoms with Crippen LogP contribution in [0.15, 0.2) is 48.5 Å². The van der Waals surface area contributed by atoms with E-state index in [0.717, 1.165) is 0 Å². The Bertz CT molecular complexity index is 732. The molecule has 0 aliphatic carbocycles. The summed E-state index contributed by atoms with van der Waals surface area (Å²) >= 11 is 0. The van der Waals surface area contributed by atoms with Crippen molar-refractivity contribution < 1.29 is 19.2 Å². The number of carbonyl (C=O) groups excluding carboxylic acids is 1. The summed E-state index contributed by atoms with van der Waals surface area (Å²) in [7, 11) is 0. The molecule has 0 aliphatic rings. The Kier molecular flexibility index (Phi) is 5.73. The number of amides is 1. The number of benzene rings is 2. The summed E-state index contributed by atoms with van der Waals surface area (Å²) in [5.41, 5.74) is 0.328. The Morgan fingerprint density at radius 3 is 2.46 bits per heavy atom. The first-order valence-electron chi connectivity index (χ1n) is 7.45. The van der Waals surface area contributed by atoms with Crippen LogP contribution in [0.2, 0.25) is 0 Å². The molecule has 0 saturated heterocycles. The highest BCUT2D eigenvalue weighted by molar-refractivity contribution is 5.95. The summed E-state index contributed by atoms with van der Waals surface area (Å²) in [5, 5.41) is 13.7. The topological polar surface area (TPSA) is 90.7 Å². The fourth-order valence-corrected chi connectivity index (χ4v) is 2.04. The molecule has 0 unspecified atom stereocenters. The van der Waals surface area contributed by atoms with Gasteiger partial charge in [-0.05, 0) is 32.0 Å². The van der Waals surface area contributed by atoms with Gasteiger partial charge < -0.3 is 14.8 Å². The molecule has 0 bridgehead atoms. The maximum absolute atomic E-state index is 12.3. The molecule has 1 N–H and O–H groups in total. The quantitative estimate of drug-likeness (QED) is 0.620. The van der Waals surface area contributed by atoms with Gasteiger partial charge in [0.15, 0.2) is 11.9 Å². The Morgan fingerprint density at radius 1 is 1.17 bits per heavy atom. The van der Waals surface area contributed by atoms with E-state index >= 15 is 0 Å². The number of nitrogens with one attached hydrogen (secondary N) is 1. The molecule has 7 nitrogen and oxygen atoms in total. The zero-order valence-electron chi connectivity index (χ0n) is 13.4. The second-order valence-electron chi connectivity index (χ2n) is 4.90. The highest BCUT2D eigenvalue weighted by Crippen LogP contribution is 2.28. The van der Waals surface area contributed by atoms with E-state index in [0.29, 0.717) is 18.0 Å². The van der Waals surface area contributed by atoms with Crippen molar-refractivity contribution >= 4 is 17.3 Å². The number of carbonyl (C=O) groups is 1. The number of anilines is 1. The molecule has 1 atom stereocenters. The second-order valence-corrected chi connectivity index (χ2v) is 4.90. The SMILES string of the molecule is CCOc1ccccc1NC(=O)[C@@H](C)Oc1ccccc1[N+](=O)[O-]. The van der Waals surface area contributed by atoms with Gasteiger partial charge in [-0.3, -0.25) is 14.9 Å². The van der Waals surface area contributed by atoms with E-state index in [1.165, 1.54) is 25.1 Å². The van der Waals surface area contributed by atoms with Crippen LogP contribution in [0.4, 0.5) is 11.4 Å². The molecule has 7 heteroatoms. The van der Waals surface area contributed by atoms with Crippen LogP contribution in [0.3, 0.4) is 0 Å². The molecule has 2 aromatic carbocycles. The Hall–Kier alpha value is -3.09. The number of ether oxygens (including phenoxy) is 2. The fraction of sp³-hybridized carbons (Fsp3) is 0.235. The largest absolute Gasteiger partial charge is 0.492 e. The summed E-state index contributed by atoms with van der Waals surface area (Å²) in [5.74, 6) is 0.162. The molecule has 0 saturated carbocycles. The minimum Gasteiger partial charge on any atom is -0.492 e. The van der Waals surface area contributed by atoms with E-state index in [4.69, 9.17) is 9.47 Å². The third-order valence-corrected chi connectivity index (χ3v) is 3.18. The van der Waals surface area contributed by atoms with Gasteiger partial charge in [-0.15, -0.1) is 0 Å². The van der Waals surface area contributed by atoms with Crippen LogP contribution in [0.5, 0.6) is 11.5 Å². The van der Waals surface area contributed by atoms with E-state index in [9.17, 15) is 14.9 Å². The Labute approximate surface area is 139 Å². The van der Waals surface area contributed by atoms with Gasteiger partial charge >= 0.3 is 5.69 Å². The molecule has 126 valence electrons. The number of hydrogen-bond acceptors (Lipinski definition) is 5. The summed E-state index contributed by atoms with van der Waals surface area (Å²) in [6.07, 6.45) is -0.916. The highest BCUT2D eigenvalue weighted by atomic mass is 16.6. The minimum absolute atomic E-state index is 0.0447. The highest BCUT2D eigenvalue weighted by Gasteiger charge is 2.21. The van der Waals surface area contributed by atoms with E-state index in [-0.39, 0.29) is 11.4 Å². The van der Waals surface area contributed by atoms with Crippen LogP contribution < -0.4 is 14.8 Å². The van der Waals surface area contributed by atoms with Crippen LogP contribution in [-0.2, 0) is 4.79 Å². The fourth-order valence-electron chi connectivity index (χ4n) is 2.04. The molecule has 0 fully saturated rings. The molecular formula is C17H18N2O5. The lowest BCUT2D eigenvalue weighted by atomic mass is 10.2. The monoisotopic (exact) mass is 330 g/mol. The van der Waals surface area contributed by atoms with Gasteiger partial charge in [0.05, 0.1) is 17.2 Å². The molecule has 1 amide bonds. The van der Waals surface area contributed by atoms with Crippen LogP contribution in [0.1, 0.15) is 13.8 Å². The number of nitro benzene ring substituents is 1. The normalized spacial score (nSPS) is 11.4. The van der Waals surface area contributed by atoms with E-state index < -0.39 is 16.9 Å². The van der Waals surface area contributed by atoms with Gasteiger partial charge in [0.2, 0.25) is 0 Å². The Morgan fingerprint density at radius 2 is 1.79 bits per heavy atom. The van der Waals surface area contributed by atoms with Crippen LogP contribution in [-0.4, -0.2) is 23.5 Å². The molecule has 0 radical (unpaired) electrons. The molecule has 0 aromatic heterocycles. The lowest BCUT2D eigenvalue weighted by Gasteiger charge is -2.16. The molecule has 0 spiro atoms. The lowest BCUT2D eigenvalue weighted by Crippen LogP contribution is -2.30. The van der Waals surface area contributed by atoms with Crippen molar-refractivity contribution in [3.63, 3.8) is 0 Å². The predicted molar refractivity (Wildman–Crippen MR) is 89.4 cm³/mol. The average Bonchev–Trinajstić information content (AvgIpc) is 2.57. The van der Waals surface area contributed by atoms with E-state index in [2.05, 4.69) is 5.32 Å². The first-order valence-corrected chi connectivity index (χ1v) is 7.45. The zero-order valence-corrected chi connectivity index (χ0v) is 13.4. The minimum atomic E-state index is -0.916. The molecule has 0 heterocycles. The summed E-state index contributed by atoms with van der Waals surface area (Å²) in [4.78, 5) is 22.7. The van der Waals surface area contributed by atoms with Crippen LogP contribution >= 0.6 is 0 Å². The van der Waals surface area contributed by atoms with Crippen molar-refractivity contribution in [1.29, 1.82) is 0 Å². The van der Waals surface area contributed by atoms with Gasteiger partial charge in [0, 0.05) is 6.07 Å². The van der Waals surface area contributed by atoms with Gasteiger partial charge in [-0.2, -0.15) is 0 Å². The molecule has 2 aromatic rings. The molecule has 2 rings (SSSR count). The number of para-hydroxylation sites is 4. The number of rotatable bonds is 7. The summed E-state index contributed by atoms with van der Waals surface area (Å²) < 4.78 is 10.9. The molecular weight excluding hydrogens is 312 g/mol. The first kappa shape index (κ1) is 17.3. The van der Waals surface area contributed by atoms with Crippen molar-refractivity contribution in [2.24, 2.45) is 0 Å². The Balaban J connectivity index is 2.10. The van der Waals surface area contributed by atoms with Crippen molar-refractivity contribution in [2.45, 2.75) is 20.0 Å². The smallest absolute Gasteiger partial charge is 0.310 e. The maximum atomic E-state index is 12.3. The molecule has 24 heavy (non-hydrogen) atoms. The molecule has 0 aliphatic heterocycles. The van der Waals surface area contributed by atoms with Gasteiger partial charge in [-0.25, -0.2) is 0 Å². The third-order valence-electron chi connectivity index (χ3n) is 3.18.